The summed E-state index contributed by atoms with van der Waals surface area (Å²) >= 11 is 7.48. The lowest BCUT2D eigenvalue weighted by molar-refractivity contribution is -0.384. The van der Waals surface area contributed by atoms with Crippen molar-refractivity contribution in [2.24, 2.45) is 0 Å². The minimum atomic E-state index is -3.66. The Kier molecular flexibility index (Phi) is 6.61. The van der Waals surface area contributed by atoms with E-state index in [0.717, 1.165) is 11.3 Å². The molecule has 0 unspecified atom stereocenters. The molecule has 0 aromatic heterocycles. The summed E-state index contributed by atoms with van der Waals surface area (Å²) in [7, 11) is -3.66. The third-order valence-corrected chi connectivity index (χ3v) is 5.80. The fourth-order valence-corrected chi connectivity index (χ4v) is 4.08. The number of non-ortho nitro benzene ring substituents is 1. The number of nitro benzene ring substituents is 1. The van der Waals surface area contributed by atoms with Gasteiger partial charge in [-0.1, -0.05) is 23.7 Å². The van der Waals surface area contributed by atoms with Crippen LogP contribution >= 0.6 is 23.4 Å². The zero-order valence-corrected chi connectivity index (χ0v) is 14.9. The Balaban J connectivity index is 1.81. The molecule has 0 saturated carbocycles. The molecule has 2 rings (SSSR count). The maximum atomic E-state index is 12.1. The molecule has 0 fully saturated rings. The largest absolute Gasteiger partial charge is 0.269 e. The minimum Gasteiger partial charge on any atom is -0.258 e. The number of nitro groups is 1. The van der Waals surface area contributed by atoms with Gasteiger partial charge in [0, 0.05) is 35.2 Å². The molecule has 0 aliphatic carbocycles. The van der Waals surface area contributed by atoms with Crippen molar-refractivity contribution in [3.63, 3.8) is 0 Å². The molecule has 128 valence electrons. The van der Waals surface area contributed by atoms with Crippen molar-refractivity contribution in [1.29, 1.82) is 0 Å². The highest BCUT2D eigenvalue weighted by Gasteiger charge is 2.15. The topological polar surface area (TPSA) is 89.3 Å². The zero-order valence-electron chi connectivity index (χ0n) is 12.5. The molecular formula is C15H15ClN2O4S2. The van der Waals surface area contributed by atoms with E-state index in [1.165, 1.54) is 24.3 Å². The van der Waals surface area contributed by atoms with Crippen molar-refractivity contribution >= 4 is 39.1 Å². The van der Waals surface area contributed by atoms with Crippen LogP contribution in [0.5, 0.6) is 0 Å². The molecule has 2 aromatic carbocycles. The Bertz CT molecular complexity index is 810. The number of sulfonamides is 1. The van der Waals surface area contributed by atoms with Crippen LogP contribution in [0.4, 0.5) is 5.69 Å². The second kappa shape index (κ2) is 8.48. The first-order valence-electron chi connectivity index (χ1n) is 6.95. The molecule has 0 amide bonds. The van der Waals surface area contributed by atoms with Crippen molar-refractivity contribution in [2.45, 2.75) is 10.6 Å². The van der Waals surface area contributed by atoms with E-state index in [1.54, 1.807) is 17.8 Å². The van der Waals surface area contributed by atoms with Crippen LogP contribution in [0.3, 0.4) is 0 Å². The standard InChI is InChI=1S/C15H15ClN2O4S2/c16-13-3-1-2-12(10-13)11-23-9-8-17-24(21,22)15-6-4-14(5-7-15)18(19)20/h1-7,10,17H,8-9,11H2. The van der Waals surface area contributed by atoms with Gasteiger partial charge in [-0.15, -0.1) is 0 Å². The van der Waals surface area contributed by atoms with Crippen molar-refractivity contribution < 1.29 is 13.3 Å². The molecule has 0 radical (unpaired) electrons. The van der Waals surface area contributed by atoms with Crippen LogP contribution in [-0.2, 0) is 15.8 Å². The lowest BCUT2D eigenvalue weighted by atomic mass is 10.2. The average Bonchev–Trinajstić information content (AvgIpc) is 2.54. The summed E-state index contributed by atoms with van der Waals surface area (Å²) < 4.78 is 26.6. The van der Waals surface area contributed by atoms with Crippen molar-refractivity contribution in [1.82, 2.24) is 4.72 Å². The van der Waals surface area contributed by atoms with Gasteiger partial charge in [0.2, 0.25) is 10.0 Å². The molecular weight excluding hydrogens is 372 g/mol. The Morgan fingerprint density at radius 1 is 1.17 bits per heavy atom. The molecule has 1 N–H and O–H groups in total. The van der Waals surface area contributed by atoms with E-state index < -0.39 is 14.9 Å². The van der Waals surface area contributed by atoms with Gasteiger partial charge in [-0.25, -0.2) is 13.1 Å². The third-order valence-electron chi connectivity index (χ3n) is 3.05. The van der Waals surface area contributed by atoms with Crippen LogP contribution in [0, 0.1) is 10.1 Å². The predicted molar refractivity (Wildman–Crippen MR) is 95.9 cm³/mol. The molecule has 24 heavy (non-hydrogen) atoms. The number of thioether (sulfide) groups is 1. The fourth-order valence-electron chi connectivity index (χ4n) is 1.90. The number of benzene rings is 2. The molecule has 2 aromatic rings. The smallest absolute Gasteiger partial charge is 0.258 e. The van der Waals surface area contributed by atoms with Gasteiger partial charge in [-0.05, 0) is 29.8 Å². The Hall–Kier alpha value is -1.61. The number of hydrogen-bond acceptors (Lipinski definition) is 5. The first kappa shape index (κ1) is 18.7. The predicted octanol–water partition coefficient (Wildman–Crippen LogP) is 3.46. The second-order valence-electron chi connectivity index (χ2n) is 4.83. The van der Waals surface area contributed by atoms with E-state index in [1.807, 2.05) is 18.2 Å². The van der Waals surface area contributed by atoms with Gasteiger partial charge in [0.05, 0.1) is 9.82 Å². The van der Waals surface area contributed by atoms with Gasteiger partial charge in [0.1, 0.15) is 0 Å². The molecule has 0 saturated heterocycles. The summed E-state index contributed by atoms with van der Waals surface area (Å²) in [5.41, 5.74) is 0.928. The number of nitrogens with one attached hydrogen (secondary N) is 1. The van der Waals surface area contributed by atoms with Crippen molar-refractivity contribution in [3.8, 4) is 0 Å². The Morgan fingerprint density at radius 2 is 1.88 bits per heavy atom. The summed E-state index contributed by atoms with van der Waals surface area (Å²) in [5, 5.41) is 11.2. The monoisotopic (exact) mass is 386 g/mol. The molecule has 6 nitrogen and oxygen atoms in total. The van der Waals surface area contributed by atoms with Crippen LogP contribution in [0.25, 0.3) is 0 Å². The normalized spacial score (nSPS) is 11.4. The molecule has 0 spiro atoms. The van der Waals surface area contributed by atoms with E-state index in [9.17, 15) is 18.5 Å². The van der Waals surface area contributed by atoms with Gasteiger partial charge >= 0.3 is 0 Å². The highest BCUT2D eigenvalue weighted by atomic mass is 35.5. The minimum absolute atomic E-state index is 0.00735. The van der Waals surface area contributed by atoms with Crippen LogP contribution in [0.15, 0.2) is 53.4 Å². The molecule has 0 heterocycles. The van der Waals surface area contributed by atoms with Gasteiger partial charge in [-0.3, -0.25) is 10.1 Å². The van der Waals surface area contributed by atoms with E-state index >= 15 is 0 Å². The van der Waals surface area contributed by atoms with E-state index in [-0.39, 0.29) is 17.1 Å². The van der Waals surface area contributed by atoms with E-state index in [4.69, 9.17) is 11.6 Å². The van der Waals surface area contributed by atoms with Crippen LogP contribution < -0.4 is 4.72 Å². The highest BCUT2D eigenvalue weighted by Crippen LogP contribution is 2.17. The SMILES string of the molecule is O=[N+]([O-])c1ccc(S(=O)(=O)NCCSCc2cccc(Cl)c2)cc1. The van der Waals surface area contributed by atoms with E-state index in [0.29, 0.717) is 10.8 Å². The zero-order chi connectivity index (χ0) is 17.6. The molecule has 0 bridgehead atoms. The third kappa shape index (κ3) is 5.48. The summed E-state index contributed by atoms with van der Waals surface area (Å²) in [6, 6.07) is 12.3. The summed E-state index contributed by atoms with van der Waals surface area (Å²) in [5.74, 6) is 1.33. The van der Waals surface area contributed by atoms with Crippen LogP contribution in [-0.4, -0.2) is 25.6 Å². The molecule has 0 atom stereocenters. The van der Waals surface area contributed by atoms with Crippen molar-refractivity contribution in [2.75, 3.05) is 12.3 Å². The average molecular weight is 387 g/mol. The molecule has 0 aliphatic rings. The maximum Gasteiger partial charge on any atom is 0.269 e. The first-order valence-corrected chi connectivity index (χ1v) is 9.96. The Labute approximate surface area is 149 Å². The van der Waals surface area contributed by atoms with Crippen LogP contribution in [0.1, 0.15) is 5.56 Å². The van der Waals surface area contributed by atoms with Crippen molar-refractivity contribution in [3.05, 3.63) is 69.2 Å². The lowest BCUT2D eigenvalue weighted by Gasteiger charge is -2.07. The number of nitrogens with zero attached hydrogens (tertiary/aromatic N) is 1. The maximum absolute atomic E-state index is 12.1. The summed E-state index contributed by atoms with van der Waals surface area (Å²) in [6.45, 7) is 0.268. The van der Waals surface area contributed by atoms with Crippen LogP contribution in [0.2, 0.25) is 5.02 Å². The number of rotatable bonds is 8. The van der Waals surface area contributed by atoms with Gasteiger partial charge in [-0.2, -0.15) is 11.8 Å². The van der Waals surface area contributed by atoms with E-state index in [2.05, 4.69) is 4.72 Å². The van der Waals surface area contributed by atoms with Gasteiger partial charge in [0.25, 0.3) is 5.69 Å². The first-order chi connectivity index (χ1) is 11.4. The molecule has 0 aliphatic heterocycles. The number of hydrogen-bond donors (Lipinski definition) is 1. The molecule has 9 heteroatoms. The summed E-state index contributed by atoms with van der Waals surface area (Å²) in [6.07, 6.45) is 0. The highest BCUT2D eigenvalue weighted by molar-refractivity contribution is 7.98. The Morgan fingerprint density at radius 3 is 2.50 bits per heavy atom. The summed E-state index contributed by atoms with van der Waals surface area (Å²) in [4.78, 5) is 10.0. The second-order valence-corrected chi connectivity index (χ2v) is 8.14. The lowest BCUT2D eigenvalue weighted by Crippen LogP contribution is -2.26. The fraction of sp³-hybridized carbons (Fsp3) is 0.200. The van der Waals surface area contributed by atoms with Gasteiger partial charge < -0.3 is 0 Å². The van der Waals surface area contributed by atoms with Gasteiger partial charge in [0.15, 0.2) is 0 Å². The quantitative estimate of drug-likeness (QED) is 0.426. The number of halogens is 1.